The van der Waals surface area contributed by atoms with Crippen molar-refractivity contribution < 1.29 is 8.83 Å². The van der Waals surface area contributed by atoms with Crippen LogP contribution in [0.15, 0.2) is 221 Å². The molecule has 0 bridgehead atoms. The van der Waals surface area contributed by atoms with Crippen LogP contribution in [0.4, 0.5) is 0 Å². The van der Waals surface area contributed by atoms with E-state index in [2.05, 4.69) is 191 Å². The molecule has 5 aromatic heterocycles. The summed E-state index contributed by atoms with van der Waals surface area (Å²) in [7, 11) is 0. The second-order valence-electron chi connectivity index (χ2n) is 18.3. The minimum atomic E-state index is 0.491. The molecule has 7 heteroatoms. The number of furan rings is 2. The highest BCUT2D eigenvalue weighted by Crippen LogP contribution is 2.46. The Labute approximate surface area is 397 Å². The average Bonchev–Trinajstić information content (AvgIpc) is 4.18. The monoisotopic (exact) mass is 893 g/mol. The molecule has 0 unspecified atom stereocenters. The molecule has 11 aromatic carbocycles. The van der Waals surface area contributed by atoms with E-state index in [1.54, 1.807) is 0 Å². The van der Waals surface area contributed by atoms with E-state index in [9.17, 15) is 0 Å². The van der Waals surface area contributed by atoms with Gasteiger partial charge in [-0.3, -0.25) is 4.57 Å². The zero-order chi connectivity index (χ0) is 45.6. The molecular weight excluding hydrogens is 859 g/mol. The van der Waals surface area contributed by atoms with Gasteiger partial charge in [0.1, 0.15) is 22.3 Å². The van der Waals surface area contributed by atoms with Crippen molar-refractivity contribution in [3.05, 3.63) is 212 Å². The van der Waals surface area contributed by atoms with Crippen LogP contribution in [0.5, 0.6) is 0 Å². The normalized spacial score (nSPS) is 12.3. The van der Waals surface area contributed by atoms with Gasteiger partial charge in [-0.2, -0.15) is 9.97 Å². The fraction of sp³-hybridized carbons (Fsp3) is 0. The van der Waals surface area contributed by atoms with E-state index in [1.807, 2.05) is 30.3 Å². The highest BCUT2D eigenvalue weighted by Gasteiger charge is 2.26. The van der Waals surface area contributed by atoms with Crippen molar-refractivity contribution in [3.63, 3.8) is 0 Å². The third-order valence-electron chi connectivity index (χ3n) is 14.5. The second-order valence-corrected chi connectivity index (χ2v) is 18.3. The molecule has 7 nitrogen and oxygen atoms in total. The largest absolute Gasteiger partial charge is 0.456 e. The van der Waals surface area contributed by atoms with Gasteiger partial charge in [-0.1, -0.05) is 158 Å². The number of benzene rings is 11. The van der Waals surface area contributed by atoms with Gasteiger partial charge in [0.25, 0.3) is 0 Å². The first kappa shape index (κ1) is 37.5. The zero-order valence-corrected chi connectivity index (χ0v) is 37.3. The van der Waals surface area contributed by atoms with Gasteiger partial charge >= 0.3 is 0 Å². The van der Waals surface area contributed by atoms with Crippen LogP contribution in [0.3, 0.4) is 0 Å². The van der Waals surface area contributed by atoms with E-state index in [0.29, 0.717) is 23.2 Å². The standard InChI is InChI=1S/C63H35N5O2/c1-2-17-39-35-53-49(34-38(39)16-1)44-30-28-36-14-3-5-18-40(36)58(44)67(53)52-33-32-48(60-57(52)46-31-29-37-15-4-6-19-41(37)59(46)70-60)62-64-61(47-23-13-27-55-56(47)45-22-9-12-26-54(45)69-55)65-63(66-62)68-50-24-10-7-20-42(50)43-21-8-11-25-51(43)68/h1-35H. The smallest absolute Gasteiger partial charge is 0.238 e. The van der Waals surface area contributed by atoms with E-state index in [1.165, 1.54) is 32.3 Å². The van der Waals surface area contributed by atoms with Crippen LogP contribution >= 0.6 is 0 Å². The summed E-state index contributed by atoms with van der Waals surface area (Å²) >= 11 is 0. The second kappa shape index (κ2) is 14.0. The van der Waals surface area contributed by atoms with Crippen LogP contribution < -0.4 is 0 Å². The lowest BCUT2D eigenvalue weighted by Crippen LogP contribution is -2.07. The van der Waals surface area contributed by atoms with Crippen LogP contribution in [0.2, 0.25) is 0 Å². The molecule has 0 aliphatic rings. The maximum Gasteiger partial charge on any atom is 0.238 e. The molecule has 70 heavy (non-hydrogen) atoms. The van der Waals surface area contributed by atoms with Crippen molar-refractivity contribution in [2.45, 2.75) is 0 Å². The predicted octanol–water partition coefficient (Wildman–Crippen LogP) is 16.7. The van der Waals surface area contributed by atoms with Crippen molar-refractivity contribution in [1.82, 2.24) is 24.1 Å². The summed E-state index contributed by atoms with van der Waals surface area (Å²) in [4.78, 5) is 16.4. The zero-order valence-electron chi connectivity index (χ0n) is 37.3. The highest BCUT2D eigenvalue weighted by molar-refractivity contribution is 6.24. The van der Waals surface area contributed by atoms with Crippen LogP contribution in [0, 0.1) is 0 Å². The quantitative estimate of drug-likeness (QED) is 0.176. The van der Waals surface area contributed by atoms with Crippen LogP contribution in [-0.2, 0) is 0 Å². The maximum absolute atomic E-state index is 7.37. The van der Waals surface area contributed by atoms with Gasteiger partial charge in [-0.05, 0) is 76.1 Å². The first-order valence-corrected chi connectivity index (χ1v) is 23.6. The molecule has 0 saturated carbocycles. The molecule has 5 heterocycles. The van der Waals surface area contributed by atoms with Gasteiger partial charge < -0.3 is 13.4 Å². The maximum atomic E-state index is 7.37. The summed E-state index contributed by atoms with van der Waals surface area (Å²) in [5, 5.41) is 15.4. The van der Waals surface area contributed by atoms with E-state index in [-0.39, 0.29) is 0 Å². The fourth-order valence-corrected chi connectivity index (χ4v) is 11.5. The molecule has 0 radical (unpaired) electrons. The van der Waals surface area contributed by atoms with Crippen molar-refractivity contribution in [3.8, 4) is 34.4 Å². The van der Waals surface area contributed by atoms with Crippen LogP contribution in [-0.4, -0.2) is 24.1 Å². The molecule has 0 N–H and O–H groups in total. The predicted molar refractivity (Wildman–Crippen MR) is 286 cm³/mol. The minimum absolute atomic E-state index is 0.491. The first-order valence-electron chi connectivity index (χ1n) is 23.6. The molecule has 16 aromatic rings. The SMILES string of the molecule is c1ccc2cc3c(cc2c1)c1ccc2ccccc2c1n3-c1ccc(-c2nc(-c3cccc4oc5ccccc5c34)nc(-n3c4ccccc4c4ccccc43)n2)c2oc3c4ccccc4ccc3c12. The number of rotatable bonds is 4. The summed E-state index contributed by atoms with van der Waals surface area (Å²) in [6, 6.07) is 75.0. The van der Waals surface area contributed by atoms with E-state index >= 15 is 0 Å². The van der Waals surface area contributed by atoms with Gasteiger partial charge in [-0.15, -0.1) is 0 Å². The Morgan fingerprint density at radius 3 is 1.69 bits per heavy atom. The Hall–Kier alpha value is -9.59. The lowest BCUT2D eigenvalue weighted by molar-refractivity contribution is 0.669. The van der Waals surface area contributed by atoms with Gasteiger partial charge in [0, 0.05) is 54.0 Å². The van der Waals surface area contributed by atoms with Crippen molar-refractivity contribution in [2.75, 3.05) is 0 Å². The minimum Gasteiger partial charge on any atom is -0.456 e. The number of fused-ring (bicyclic) bond motifs is 17. The molecule has 0 saturated heterocycles. The summed E-state index contributed by atoms with van der Waals surface area (Å²) in [5.41, 5.74) is 9.94. The van der Waals surface area contributed by atoms with E-state index < -0.39 is 0 Å². The lowest BCUT2D eigenvalue weighted by Gasteiger charge is -2.14. The van der Waals surface area contributed by atoms with E-state index in [4.69, 9.17) is 23.8 Å². The summed E-state index contributed by atoms with van der Waals surface area (Å²) in [6.45, 7) is 0. The lowest BCUT2D eigenvalue weighted by atomic mass is 10.0. The van der Waals surface area contributed by atoms with Crippen molar-refractivity contribution in [1.29, 1.82) is 0 Å². The number of nitrogens with zero attached hydrogens (tertiary/aromatic N) is 5. The Morgan fingerprint density at radius 2 is 0.914 bits per heavy atom. The topological polar surface area (TPSA) is 74.8 Å². The first-order chi connectivity index (χ1) is 34.7. The number of hydrogen-bond acceptors (Lipinski definition) is 5. The van der Waals surface area contributed by atoms with Gasteiger partial charge in [0.2, 0.25) is 5.95 Å². The number of hydrogen-bond donors (Lipinski definition) is 0. The molecule has 324 valence electrons. The van der Waals surface area contributed by atoms with Gasteiger partial charge in [-0.25, -0.2) is 4.98 Å². The Morgan fingerprint density at radius 1 is 0.314 bits per heavy atom. The number of para-hydroxylation sites is 3. The highest BCUT2D eigenvalue weighted by atomic mass is 16.3. The number of aromatic nitrogens is 5. The fourth-order valence-electron chi connectivity index (χ4n) is 11.5. The summed E-state index contributed by atoms with van der Waals surface area (Å²) in [5.74, 6) is 1.52. The van der Waals surface area contributed by atoms with Gasteiger partial charge in [0.15, 0.2) is 11.6 Å². The summed E-state index contributed by atoms with van der Waals surface area (Å²) in [6.07, 6.45) is 0. The third kappa shape index (κ3) is 5.15. The van der Waals surface area contributed by atoms with Crippen molar-refractivity contribution in [2.24, 2.45) is 0 Å². The molecule has 0 spiro atoms. The van der Waals surface area contributed by atoms with E-state index in [0.717, 1.165) is 98.7 Å². The van der Waals surface area contributed by atoms with Crippen LogP contribution in [0.25, 0.3) is 154 Å². The average molecular weight is 894 g/mol. The molecule has 0 atom stereocenters. The summed E-state index contributed by atoms with van der Waals surface area (Å²) < 4.78 is 18.4. The molecule has 16 rings (SSSR count). The van der Waals surface area contributed by atoms with Crippen LogP contribution in [0.1, 0.15) is 0 Å². The third-order valence-corrected chi connectivity index (χ3v) is 14.5. The Balaban J connectivity index is 1.06. The Kier molecular flexibility index (Phi) is 7.49. The molecule has 0 amide bonds. The molecule has 0 aliphatic carbocycles. The molecule has 0 aliphatic heterocycles. The molecular formula is C63H35N5O2. The Bertz CT molecular complexity index is 4860. The molecule has 0 fully saturated rings. The van der Waals surface area contributed by atoms with Gasteiger partial charge in [0.05, 0.1) is 38.7 Å². The van der Waals surface area contributed by atoms with Crippen molar-refractivity contribution >= 4 is 120 Å².